The summed E-state index contributed by atoms with van der Waals surface area (Å²) in [6.45, 7) is 7.16. The van der Waals surface area contributed by atoms with Gasteiger partial charge in [-0.25, -0.2) is 14.5 Å². The quantitative estimate of drug-likeness (QED) is 0.365. The zero-order valence-electron chi connectivity index (χ0n) is 24.2. The van der Waals surface area contributed by atoms with Crippen LogP contribution in [0.25, 0.3) is 17.0 Å². The van der Waals surface area contributed by atoms with Crippen molar-refractivity contribution in [3.63, 3.8) is 0 Å². The van der Waals surface area contributed by atoms with E-state index in [0.717, 1.165) is 70.0 Å². The topological polar surface area (TPSA) is 99.3 Å². The third-order valence-corrected chi connectivity index (χ3v) is 8.13. The largest absolute Gasteiger partial charge is 0.493 e. The molecule has 5 heterocycles. The van der Waals surface area contributed by atoms with E-state index in [2.05, 4.69) is 24.5 Å². The Morgan fingerprint density at radius 2 is 1.90 bits per heavy atom. The molecule has 1 fully saturated rings. The van der Waals surface area contributed by atoms with Crippen LogP contribution in [0.4, 0.5) is 0 Å². The van der Waals surface area contributed by atoms with Crippen molar-refractivity contribution < 1.29 is 19.0 Å². The van der Waals surface area contributed by atoms with Gasteiger partial charge in [-0.3, -0.25) is 4.79 Å². The Bertz CT molecular complexity index is 1480. The summed E-state index contributed by atoms with van der Waals surface area (Å²) in [5.74, 6) is 2.83. The zero-order chi connectivity index (χ0) is 28.7. The molecule has 0 saturated carbocycles. The molecule has 4 aromatic rings. The molecular formula is C31H39N7O4. The van der Waals surface area contributed by atoms with Crippen LogP contribution in [0.15, 0.2) is 55.2 Å². The normalized spacial score (nSPS) is 19.3. The van der Waals surface area contributed by atoms with Gasteiger partial charge < -0.3 is 28.6 Å². The van der Waals surface area contributed by atoms with E-state index < -0.39 is 0 Å². The van der Waals surface area contributed by atoms with Crippen molar-refractivity contribution in [3.05, 3.63) is 60.8 Å². The lowest BCUT2D eigenvalue weighted by Gasteiger charge is -2.27. The molecule has 222 valence electrons. The van der Waals surface area contributed by atoms with Gasteiger partial charge >= 0.3 is 0 Å². The van der Waals surface area contributed by atoms with Crippen LogP contribution in [-0.4, -0.2) is 99.5 Å². The summed E-state index contributed by atoms with van der Waals surface area (Å²) < 4.78 is 21.4. The van der Waals surface area contributed by atoms with Gasteiger partial charge in [0.15, 0.2) is 17.1 Å². The van der Waals surface area contributed by atoms with Crippen molar-refractivity contribution in [1.29, 1.82) is 0 Å². The second-order valence-corrected chi connectivity index (χ2v) is 11.0. The molecule has 1 unspecified atom stereocenters. The third-order valence-electron chi connectivity index (χ3n) is 8.13. The van der Waals surface area contributed by atoms with Gasteiger partial charge in [0.25, 0.3) is 5.91 Å². The molecule has 1 aromatic carbocycles. The van der Waals surface area contributed by atoms with E-state index in [1.54, 1.807) is 23.9 Å². The van der Waals surface area contributed by atoms with Gasteiger partial charge in [0, 0.05) is 69.0 Å². The molecule has 1 amide bonds. The highest BCUT2D eigenvalue weighted by molar-refractivity contribution is 5.95. The van der Waals surface area contributed by atoms with Gasteiger partial charge in [-0.1, -0.05) is 0 Å². The highest BCUT2D eigenvalue weighted by Gasteiger charge is 2.21. The second kappa shape index (κ2) is 13.3. The summed E-state index contributed by atoms with van der Waals surface area (Å²) >= 11 is 0. The summed E-state index contributed by atoms with van der Waals surface area (Å²) in [6.07, 6.45) is 10.9. The number of aromatic nitrogens is 5. The molecule has 11 heteroatoms. The zero-order valence-corrected chi connectivity index (χ0v) is 24.2. The minimum absolute atomic E-state index is 0.00313. The van der Waals surface area contributed by atoms with Crippen LogP contribution in [0.2, 0.25) is 0 Å². The smallest absolute Gasteiger partial charge is 0.254 e. The molecule has 0 aliphatic carbocycles. The van der Waals surface area contributed by atoms with Crippen LogP contribution in [0, 0.1) is 5.92 Å². The molecule has 11 nitrogen and oxygen atoms in total. The number of hydrogen-bond donors (Lipinski definition) is 0. The molecule has 42 heavy (non-hydrogen) atoms. The molecular weight excluding hydrogens is 534 g/mol. The number of pyridine rings is 1. The maximum Gasteiger partial charge on any atom is 0.254 e. The predicted molar refractivity (Wildman–Crippen MR) is 158 cm³/mol. The Balaban J connectivity index is 1.23. The van der Waals surface area contributed by atoms with Crippen LogP contribution in [0.1, 0.15) is 36.0 Å². The second-order valence-electron chi connectivity index (χ2n) is 11.0. The number of hydrogen-bond acceptors (Lipinski definition) is 8. The number of ether oxygens (including phenoxy) is 3. The molecule has 3 aromatic heterocycles. The number of imidazole rings is 1. The van der Waals surface area contributed by atoms with Crippen LogP contribution in [-0.2, 0) is 11.3 Å². The molecule has 2 aliphatic rings. The van der Waals surface area contributed by atoms with Gasteiger partial charge in [0.2, 0.25) is 0 Å². The Hall–Kier alpha value is -3.96. The molecule has 1 atom stereocenters. The first-order valence-corrected chi connectivity index (χ1v) is 14.9. The van der Waals surface area contributed by atoms with Crippen molar-refractivity contribution in [2.75, 3.05) is 59.7 Å². The van der Waals surface area contributed by atoms with Gasteiger partial charge in [-0.15, -0.1) is 0 Å². The molecule has 2 aliphatic heterocycles. The fourth-order valence-electron chi connectivity index (χ4n) is 5.84. The number of carbonyl (C=O) groups excluding carboxylic acids is 1. The van der Waals surface area contributed by atoms with E-state index in [4.69, 9.17) is 14.2 Å². The molecule has 6 rings (SSSR count). The molecule has 0 radical (unpaired) electrons. The standard InChI is InChI=1S/C31H39N7O4/c1-40-27-6-5-25-19-28(27)42-17-4-12-37(31(39)26-7-13-38-29(20-26)33-23-34-38)11-3-2-10-35(21-24-8-18-41-22-24)15-16-36-14-9-32-30(25)36/h5-7,9,13-14,19-20,23-24H,2-4,8,10-12,15-18,21-22H2,1H3. The Labute approximate surface area is 246 Å². The lowest BCUT2D eigenvalue weighted by atomic mass is 10.1. The van der Waals surface area contributed by atoms with Crippen LogP contribution < -0.4 is 9.47 Å². The van der Waals surface area contributed by atoms with Crippen LogP contribution in [0.5, 0.6) is 11.5 Å². The van der Waals surface area contributed by atoms with Crippen molar-refractivity contribution in [2.45, 2.75) is 32.2 Å². The van der Waals surface area contributed by atoms with Crippen molar-refractivity contribution >= 4 is 11.6 Å². The number of nitrogens with zero attached hydrogens (tertiary/aromatic N) is 7. The summed E-state index contributed by atoms with van der Waals surface area (Å²) in [7, 11) is 1.65. The molecule has 1 saturated heterocycles. The highest BCUT2D eigenvalue weighted by atomic mass is 16.5. The summed E-state index contributed by atoms with van der Waals surface area (Å²) in [5, 5.41) is 4.15. The first-order valence-electron chi connectivity index (χ1n) is 14.9. The number of carbonyl (C=O) groups is 1. The van der Waals surface area contributed by atoms with Gasteiger partial charge in [-0.2, -0.15) is 5.10 Å². The number of rotatable bonds is 4. The van der Waals surface area contributed by atoms with E-state index in [9.17, 15) is 4.79 Å². The van der Waals surface area contributed by atoms with Crippen molar-refractivity contribution in [3.8, 4) is 22.9 Å². The van der Waals surface area contributed by atoms with E-state index in [0.29, 0.717) is 54.7 Å². The number of amides is 1. The first kappa shape index (κ1) is 28.2. The lowest BCUT2D eigenvalue weighted by Crippen LogP contribution is -2.36. The van der Waals surface area contributed by atoms with Gasteiger partial charge in [-0.05, 0) is 68.5 Å². The Kier molecular flexibility index (Phi) is 8.95. The third kappa shape index (κ3) is 6.57. The summed E-state index contributed by atoms with van der Waals surface area (Å²) in [6, 6.07) is 9.58. The maximum atomic E-state index is 13.7. The van der Waals surface area contributed by atoms with E-state index in [-0.39, 0.29) is 5.91 Å². The average Bonchev–Trinajstić information content (AvgIpc) is 3.80. The highest BCUT2D eigenvalue weighted by Crippen LogP contribution is 2.32. The van der Waals surface area contributed by atoms with E-state index in [1.807, 2.05) is 41.6 Å². The molecule has 2 bridgehead atoms. The molecule has 0 N–H and O–H groups in total. The van der Waals surface area contributed by atoms with Crippen LogP contribution >= 0.6 is 0 Å². The average molecular weight is 574 g/mol. The monoisotopic (exact) mass is 573 g/mol. The fourth-order valence-corrected chi connectivity index (χ4v) is 5.84. The number of benzene rings is 1. The number of fused-ring (bicyclic) bond motifs is 5. The summed E-state index contributed by atoms with van der Waals surface area (Å²) in [5.41, 5.74) is 2.26. The SMILES string of the molecule is COc1ccc2cc1OCCCN(C(=O)c1ccn3ncnc3c1)CCCCN(CC1CCOC1)CCn1ccnc1-2. The predicted octanol–water partition coefficient (Wildman–Crippen LogP) is 3.65. The maximum absolute atomic E-state index is 13.7. The van der Waals surface area contributed by atoms with Gasteiger partial charge in [0.05, 0.1) is 20.3 Å². The minimum atomic E-state index is 0.00313. The first-order chi connectivity index (χ1) is 20.7. The number of methoxy groups -OCH3 is 1. The summed E-state index contributed by atoms with van der Waals surface area (Å²) in [4.78, 5) is 27.1. The van der Waals surface area contributed by atoms with Crippen LogP contribution in [0.3, 0.4) is 0 Å². The fraction of sp³-hybridized carbons (Fsp3) is 0.484. The lowest BCUT2D eigenvalue weighted by molar-refractivity contribution is 0.0741. The van der Waals surface area contributed by atoms with Crippen molar-refractivity contribution in [1.82, 2.24) is 33.9 Å². The Morgan fingerprint density at radius 3 is 2.79 bits per heavy atom. The van der Waals surface area contributed by atoms with E-state index >= 15 is 0 Å². The minimum Gasteiger partial charge on any atom is -0.493 e. The van der Waals surface area contributed by atoms with Gasteiger partial charge in [0.1, 0.15) is 12.2 Å². The van der Waals surface area contributed by atoms with Crippen molar-refractivity contribution in [2.24, 2.45) is 5.92 Å². The Morgan fingerprint density at radius 1 is 1.00 bits per heavy atom. The van der Waals surface area contributed by atoms with E-state index in [1.165, 1.54) is 6.33 Å². The molecule has 0 spiro atoms.